The quantitative estimate of drug-likeness (QED) is 0.264. The Morgan fingerprint density at radius 1 is 1.15 bits per heavy atom. The Morgan fingerprint density at radius 3 is 2.44 bits per heavy atom. The summed E-state index contributed by atoms with van der Waals surface area (Å²) >= 11 is 0. The lowest BCUT2D eigenvalue weighted by atomic mass is 10.0. The van der Waals surface area contributed by atoms with Crippen molar-refractivity contribution in [3.05, 3.63) is 58.7 Å². The molecular formula is C24H28N4O6. The first-order chi connectivity index (χ1) is 16.2. The van der Waals surface area contributed by atoms with Gasteiger partial charge in [0.25, 0.3) is 5.91 Å². The highest BCUT2D eigenvalue weighted by atomic mass is 16.5. The van der Waals surface area contributed by atoms with Gasteiger partial charge in [-0.1, -0.05) is 0 Å². The zero-order valence-corrected chi connectivity index (χ0v) is 19.1. The summed E-state index contributed by atoms with van der Waals surface area (Å²) in [6, 6.07) is 9.48. The molecule has 1 aliphatic heterocycles. The normalized spacial score (nSPS) is 12.9. The maximum absolute atomic E-state index is 13.2. The molecule has 3 rings (SSSR count). The number of hydroxylamine groups is 1. The van der Waals surface area contributed by atoms with Gasteiger partial charge in [-0.15, -0.1) is 0 Å². The second-order valence-corrected chi connectivity index (χ2v) is 8.06. The number of methoxy groups -OCH3 is 1. The zero-order chi connectivity index (χ0) is 24.8. The molecule has 180 valence electrons. The number of carboxylic acid groups (broad SMARTS) is 1. The minimum atomic E-state index is -1.19. The molecule has 0 saturated carbocycles. The fourth-order valence-electron chi connectivity index (χ4n) is 4.00. The van der Waals surface area contributed by atoms with Crippen molar-refractivity contribution < 1.29 is 29.4 Å². The predicted octanol–water partition coefficient (Wildman–Crippen LogP) is 2.20. The topological polar surface area (TPSA) is 143 Å². The summed E-state index contributed by atoms with van der Waals surface area (Å²) in [4.78, 5) is 40.5. The van der Waals surface area contributed by atoms with Gasteiger partial charge < -0.3 is 19.6 Å². The average molecular weight is 469 g/mol. The minimum absolute atomic E-state index is 0.0702. The molecule has 0 unspecified atom stereocenters. The molecule has 1 aliphatic rings. The van der Waals surface area contributed by atoms with E-state index in [1.54, 1.807) is 47.6 Å². The van der Waals surface area contributed by atoms with Crippen molar-refractivity contribution in [1.29, 1.82) is 5.41 Å². The summed E-state index contributed by atoms with van der Waals surface area (Å²) in [6.07, 6.45) is 1.75. The summed E-state index contributed by atoms with van der Waals surface area (Å²) in [5.41, 5.74) is 4.05. The zero-order valence-electron chi connectivity index (χ0n) is 19.1. The highest BCUT2D eigenvalue weighted by Crippen LogP contribution is 2.25. The van der Waals surface area contributed by atoms with Crippen molar-refractivity contribution in [3.63, 3.8) is 0 Å². The van der Waals surface area contributed by atoms with Crippen molar-refractivity contribution in [1.82, 2.24) is 10.4 Å². The van der Waals surface area contributed by atoms with Crippen LogP contribution >= 0.6 is 0 Å². The molecule has 2 aromatic carbocycles. The van der Waals surface area contributed by atoms with Crippen LogP contribution in [0.4, 0.5) is 5.69 Å². The number of benzene rings is 2. The van der Waals surface area contributed by atoms with Gasteiger partial charge >= 0.3 is 5.97 Å². The molecule has 0 spiro atoms. The molecule has 10 heteroatoms. The Hall–Kier alpha value is -3.92. The number of ether oxygens (including phenoxy) is 1. The number of carboxylic acids is 1. The summed E-state index contributed by atoms with van der Waals surface area (Å²) in [5, 5.41) is 26.2. The van der Waals surface area contributed by atoms with E-state index in [1.807, 2.05) is 0 Å². The lowest BCUT2D eigenvalue weighted by Gasteiger charge is -2.23. The van der Waals surface area contributed by atoms with E-state index in [9.17, 15) is 19.5 Å². The molecule has 0 radical (unpaired) electrons. The first-order valence-electron chi connectivity index (χ1n) is 10.8. The Bertz CT molecular complexity index is 1110. The number of hydrogen-bond acceptors (Lipinski definition) is 6. The third-order valence-corrected chi connectivity index (χ3v) is 5.76. The van der Waals surface area contributed by atoms with Crippen LogP contribution in [0.3, 0.4) is 0 Å². The van der Waals surface area contributed by atoms with E-state index in [1.165, 1.54) is 13.2 Å². The largest absolute Gasteiger partial charge is 0.496 e. The molecule has 1 fully saturated rings. The molecule has 0 aromatic heterocycles. The van der Waals surface area contributed by atoms with Crippen LogP contribution in [0.5, 0.6) is 5.75 Å². The summed E-state index contributed by atoms with van der Waals surface area (Å²) in [5.74, 6) is -1.62. The minimum Gasteiger partial charge on any atom is -0.496 e. The van der Waals surface area contributed by atoms with Gasteiger partial charge in [0.1, 0.15) is 18.1 Å². The molecule has 10 nitrogen and oxygen atoms in total. The van der Waals surface area contributed by atoms with Gasteiger partial charge in [0.05, 0.1) is 13.5 Å². The number of carbonyl (C=O) groups excluding carboxylic acids is 2. The molecule has 0 atom stereocenters. The van der Waals surface area contributed by atoms with Crippen LogP contribution in [-0.2, 0) is 16.0 Å². The Labute approximate surface area is 197 Å². The number of aliphatic carboxylic acids is 1. The monoisotopic (exact) mass is 468 g/mol. The van der Waals surface area contributed by atoms with Gasteiger partial charge in [0, 0.05) is 35.5 Å². The fourth-order valence-corrected chi connectivity index (χ4v) is 4.00. The number of amidine groups is 1. The van der Waals surface area contributed by atoms with Gasteiger partial charge in [-0.05, 0) is 61.7 Å². The Kier molecular flexibility index (Phi) is 7.85. The molecule has 4 N–H and O–H groups in total. The maximum Gasteiger partial charge on any atom is 0.323 e. The molecule has 1 heterocycles. The van der Waals surface area contributed by atoms with E-state index >= 15 is 0 Å². The molecule has 34 heavy (non-hydrogen) atoms. The third kappa shape index (κ3) is 5.52. The van der Waals surface area contributed by atoms with E-state index < -0.39 is 18.4 Å². The number of rotatable bonds is 8. The fraction of sp³-hybridized carbons (Fsp3) is 0.333. The summed E-state index contributed by atoms with van der Waals surface area (Å²) in [7, 11) is 1.44. The maximum atomic E-state index is 13.2. The number of likely N-dealkylation sites (tertiary alicyclic amines) is 1. The Balaban J connectivity index is 1.89. The number of hydrogen-bond donors (Lipinski definition) is 4. The van der Waals surface area contributed by atoms with Crippen molar-refractivity contribution >= 4 is 29.3 Å². The average Bonchev–Trinajstić information content (AvgIpc) is 3.36. The smallest absolute Gasteiger partial charge is 0.323 e. The van der Waals surface area contributed by atoms with Gasteiger partial charge in [-0.3, -0.25) is 30.5 Å². The summed E-state index contributed by atoms with van der Waals surface area (Å²) in [6.45, 7) is 2.63. The molecular weight excluding hydrogens is 440 g/mol. The van der Waals surface area contributed by atoms with E-state index in [4.69, 9.17) is 15.4 Å². The molecule has 2 aromatic rings. The van der Waals surface area contributed by atoms with Crippen LogP contribution in [0, 0.1) is 12.3 Å². The van der Waals surface area contributed by atoms with Crippen molar-refractivity contribution in [2.45, 2.75) is 26.2 Å². The van der Waals surface area contributed by atoms with Crippen LogP contribution in [-0.4, -0.2) is 65.6 Å². The lowest BCUT2D eigenvalue weighted by molar-refractivity contribution is -0.136. The Morgan fingerprint density at radius 2 is 1.85 bits per heavy atom. The van der Waals surface area contributed by atoms with E-state index in [-0.39, 0.29) is 18.2 Å². The first-order valence-corrected chi connectivity index (χ1v) is 10.8. The van der Waals surface area contributed by atoms with Crippen molar-refractivity contribution in [2.75, 3.05) is 31.6 Å². The van der Waals surface area contributed by atoms with Crippen LogP contribution in [0.1, 0.15) is 39.9 Å². The van der Waals surface area contributed by atoms with Crippen molar-refractivity contribution in [2.24, 2.45) is 0 Å². The number of nitrogens with zero attached hydrogens (tertiary/aromatic N) is 2. The second kappa shape index (κ2) is 10.8. The third-order valence-electron chi connectivity index (χ3n) is 5.76. The van der Waals surface area contributed by atoms with Gasteiger partial charge in [0.15, 0.2) is 0 Å². The first kappa shape index (κ1) is 24.7. The highest BCUT2D eigenvalue weighted by molar-refractivity contribution is 6.01. The standard InChI is InChI=1S/C24H28N4O6/c1-15-11-18(6-7-19(15)24(32)27-9-3-4-10-27)28(14-22(30)31)21(29)13-17-12-16(23(25)26-33)5-8-20(17)34-2/h5-8,11-12,33H,3-4,9-10,13-14H2,1-2H3,(H2,25,26)(H,30,31). The summed E-state index contributed by atoms with van der Waals surface area (Å²) < 4.78 is 5.31. The lowest BCUT2D eigenvalue weighted by Crippen LogP contribution is -2.37. The second-order valence-electron chi connectivity index (χ2n) is 8.06. The van der Waals surface area contributed by atoms with Crippen LogP contribution < -0.4 is 15.1 Å². The van der Waals surface area contributed by atoms with Crippen LogP contribution in [0.15, 0.2) is 36.4 Å². The highest BCUT2D eigenvalue weighted by Gasteiger charge is 2.24. The molecule has 1 saturated heterocycles. The number of amides is 2. The van der Waals surface area contributed by atoms with E-state index in [0.29, 0.717) is 46.8 Å². The predicted molar refractivity (Wildman–Crippen MR) is 125 cm³/mol. The molecule has 0 aliphatic carbocycles. The van der Waals surface area contributed by atoms with Crippen LogP contribution in [0.25, 0.3) is 0 Å². The molecule has 0 bridgehead atoms. The van der Waals surface area contributed by atoms with Crippen LogP contribution in [0.2, 0.25) is 0 Å². The van der Waals surface area contributed by atoms with Gasteiger partial charge in [-0.2, -0.15) is 0 Å². The number of aryl methyl sites for hydroxylation is 1. The van der Waals surface area contributed by atoms with E-state index in [0.717, 1.165) is 17.7 Å². The number of anilines is 1. The molecule has 2 amide bonds. The van der Waals surface area contributed by atoms with E-state index in [2.05, 4.69) is 0 Å². The van der Waals surface area contributed by atoms with Crippen molar-refractivity contribution in [3.8, 4) is 5.75 Å². The van der Waals surface area contributed by atoms with Gasteiger partial charge in [-0.25, -0.2) is 0 Å². The number of carbonyl (C=O) groups is 3. The SMILES string of the molecule is COc1ccc(C(=N)NO)cc1CC(=O)N(CC(=O)O)c1ccc(C(=O)N2CCCC2)c(C)c1. The van der Waals surface area contributed by atoms with Gasteiger partial charge in [0.2, 0.25) is 5.91 Å². The number of nitrogens with one attached hydrogen (secondary N) is 2.